The zero-order valence-electron chi connectivity index (χ0n) is 25.5. The summed E-state index contributed by atoms with van der Waals surface area (Å²) in [4.78, 5) is 40.8. The van der Waals surface area contributed by atoms with E-state index in [4.69, 9.17) is 23.7 Å². The van der Waals surface area contributed by atoms with Gasteiger partial charge in [0.15, 0.2) is 0 Å². The lowest BCUT2D eigenvalue weighted by molar-refractivity contribution is -0.162. The minimum absolute atomic E-state index is 0.192. The number of carbonyl (C=O) groups is 3. The van der Waals surface area contributed by atoms with Crippen molar-refractivity contribution >= 4 is 18.0 Å². The molecule has 5 atom stereocenters. The summed E-state index contributed by atoms with van der Waals surface area (Å²) in [5, 5.41) is 3.00. The van der Waals surface area contributed by atoms with E-state index in [0.29, 0.717) is 32.5 Å². The molecule has 0 radical (unpaired) electrons. The fraction of sp³-hybridized carbons (Fsp3) is 0.893. The second-order valence-electron chi connectivity index (χ2n) is 12.1. The van der Waals surface area contributed by atoms with Gasteiger partial charge in [0.05, 0.1) is 30.9 Å². The molecule has 222 valence electrons. The minimum Gasteiger partial charge on any atom is -0.458 e. The Labute approximate surface area is 229 Å². The maximum Gasteiger partial charge on any atom is 0.411 e. The topological polar surface area (TPSA) is 113 Å². The van der Waals surface area contributed by atoms with Gasteiger partial charge >= 0.3 is 12.1 Å². The van der Waals surface area contributed by atoms with Crippen molar-refractivity contribution in [3.05, 3.63) is 0 Å². The molecule has 0 aromatic rings. The first-order valence-electron chi connectivity index (χ1n) is 13.7. The maximum absolute atomic E-state index is 13.8. The SMILES string of the molecule is CCOC[C@]1(CC(C(COC)NC(C)=O)C(C)OCC)CC[C@H](C(=O)OC(C)(C)C)N1C(=O)OC(C)(C)C. The van der Waals surface area contributed by atoms with E-state index >= 15 is 0 Å². The molecule has 1 aliphatic heterocycles. The highest BCUT2D eigenvalue weighted by molar-refractivity contribution is 5.83. The minimum atomic E-state index is -0.902. The van der Waals surface area contributed by atoms with E-state index < -0.39 is 40.9 Å². The van der Waals surface area contributed by atoms with Crippen LogP contribution in [-0.4, -0.2) is 91.3 Å². The van der Waals surface area contributed by atoms with E-state index in [9.17, 15) is 14.4 Å². The van der Waals surface area contributed by atoms with Gasteiger partial charge in [-0.15, -0.1) is 0 Å². The van der Waals surface area contributed by atoms with Crippen LogP contribution in [0.25, 0.3) is 0 Å². The first kappa shape index (κ1) is 34.1. The quantitative estimate of drug-likeness (QED) is 0.345. The summed E-state index contributed by atoms with van der Waals surface area (Å²) < 4.78 is 29.0. The number of hydrogen-bond donors (Lipinski definition) is 1. The molecule has 1 saturated heterocycles. The Morgan fingerprint density at radius 2 is 1.63 bits per heavy atom. The van der Waals surface area contributed by atoms with Crippen molar-refractivity contribution in [2.24, 2.45) is 5.92 Å². The maximum atomic E-state index is 13.8. The van der Waals surface area contributed by atoms with E-state index in [0.717, 1.165) is 0 Å². The van der Waals surface area contributed by atoms with Crippen LogP contribution in [0, 0.1) is 5.92 Å². The molecule has 38 heavy (non-hydrogen) atoms. The number of rotatable bonds is 13. The van der Waals surface area contributed by atoms with E-state index in [2.05, 4.69) is 5.32 Å². The molecule has 1 heterocycles. The predicted octanol–water partition coefficient (Wildman–Crippen LogP) is 4.09. The fourth-order valence-corrected chi connectivity index (χ4v) is 5.08. The number of methoxy groups -OCH3 is 1. The summed E-state index contributed by atoms with van der Waals surface area (Å²) in [5.41, 5.74) is -2.40. The first-order chi connectivity index (χ1) is 17.5. The Balaban J connectivity index is 3.66. The van der Waals surface area contributed by atoms with Crippen LogP contribution in [0.3, 0.4) is 0 Å². The van der Waals surface area contributed by atoms with Gasteiger partial charge in [-0.1, -0.05) is 0 Å². The summed E-state index contributed by atoms with van der Waals surface area (Å²) in [6, 6.07) is -1.23. The zero-order valence-corrected chi connectivity index (χ0v) is 25.5. The number of nitrogens with zero attached hydrogens (tertiary/aromatic N) is 1. The standard InChI is InChI=1S/C28H52N2O8/c1-12-35-18-28(16-21(19(3)36-13-2)22(17-34-11)29-20(4)31)15-14-23(24(32)37-26(5,6)7)30(28)25(33)38-27(8,9)10/h19,21-23H,12-18H2,1-11H3,(H,29,31)/t19?,21?,22?,23-,28-/m1/s1. The van der Waals surface area contributed by atoms with Gasteiger partial charge in [-0.05, 0) is 81.6 Å². The predicted molar refractivity (Wildman–Crippen MR) is 145 cm³/mol. The molecule has 1 rings (SSSR count). The molecule has 1 N–H and O–H groups in total. The zero-order chi connectivity index (χ0) is 29.3. The molecule has 10 nitrogen and oxygen atoms in total. The van der Waals surface area contributed by atoms with Crippen molar-refractivity contribution in [2.45, 2.75) is 123 Å². The summed E-state index contributed by atoms with van der Waals surface area (Å²) in [6.07, 6.45) is 0.390. The van der Waals surface area contributed by atoms with Gasteiger partial charge in [-0.25, -0.2) is 9.59 Å². The van der Waals surface area contributed by atoms with Crippen molar-refractivity contribution < 1.29 is 38.1 Å². The average Bonchev–Trinajstić information content (AvgIpc) is 3.13. The average molecular weight is 545 g/mol. The Kier molecular flexibility index (Phi) is 13.0. The van der Waals surface area contributed by atoms with Crippen LogP contribution >= 0.6 is 0 Å². The van der Waals surface area contributed by atoms with E-state index in [1.54, 1.807) is 48.7 Å². The van der Waals surface area contributed by atoms with Crippen LogP contribution in [-0.2, 0) is 33.3 Å². The van der Waals surface area contributed by atoms with Crippen LogP contribution in [0.4, 0.5) is 4.79 Å². The first-order valence-corrected chi connectivity index (χ1v) is 13.7. The van der Waals surface area contributed by atoms with E-state index in [1.165, 1.54) is 11.8 Å². The van der Waals surface area contributed by atoms with Crippen LogP contribution in [0.2, 0.25) is 0 Å². The highest BCUT2D eigenvalue weighted by Gasteiger charge is 2.55. The number of nitrogens with one attached hydrogen (secondary N) is 1. The molecule has 2 amide bonds. The number of likely N-dealkylation sites (tertiary alicyclic amines) is 1. The molecule has 0 saturated carbocycles. The third-order valence-corrected chi connectivity index (χ3v) is 6.45. The number of hydrogen-bond acceptors (Lipinski definition) is 8. The van der Waals surface area contributed by atoms with Crippen molar-refractivity contribution in [2.75, 3.05) is 33.5 Å². The second kappa shape index (κ2) is 14.5. The number of amides is 2. The summed E-state index contributed by atoms with van der Waals surface area (Å²) >= 11 is 0. The Morgan fingerprint density at radius 3 is 2.11 bits per heavy atom. The Hall–Kier alpha value is -1.91. The van der Waals surface area contributed by atoms with Gasteiger partial charge in [0, 0.05) is 33.2 Å². The fourth-order valence-electron chi connectivity index (χ4n) is 5.08. The van der Waals surface area contributed by atoms with Gasteiger partial charge in [0.25, 0.3) is 0 Å². The number of ether oxygens (including phenoxy) is 5. The molecular weight excluding hydrogens is 492 g/mol. The number of esters is 1. The summed E-state index contributed by atoms with van der Waals surface area (Å²) in [6.45, 7) is 19.3. The molecule has 1 aliphatic rings. The highest BCUT2D eigenvalue weighted by atomic mass is 16.6. The van der Waals surface area contributed by atoms with Gasteiger partial charge < -0.3 is 29.0 Å². The number of carbonyl (C=O) groups excluding carboxylic acids is 3. The van der Waals surface area contributed by atoms with E-state index in [1.807, 2.05) is 20.8 Å². The second-order valence-corrected chi connectivity index (χ2v) is 12.1. The molecular formula is C28H52N2O8. The van der Waals surface area contributed by atoms with Crippen molar-refractivity contribution in [3.63, 3.8) is 0 Å². The Morgan fingerprint density at radius 1 is 1.03 bits per heavy atom. The largest absolute Gasteiger partial charge is 0.458 e. The normalized spacial score (nSPS) is 22.5. The van der Waals surface area contributed by atoms with Gasteiger partial charge in [-0.2, -0.15) is 0 Å². The smallest absolute Gasteiger partial charge is 0.411 e. The molecule has 10 heteroatoms. The molecule has 0 aromatic heterocycles. The lowest BCUT2D eigenvalue weighted by Crippen LogP contribution is -2.60. The molecule has 0 spiro atoms. The lowest BCUT2D eigenvalue weighted by Gasteiger charge is -2.45. The van der Waals surface area contributed by atoms with Crippen LogP contribution in [0.15, 0.2) is 0 Å². The molecule has 0 bridgehead atoms. The third kappa shape index (κ3) is 10.3. The molecule has 0 aliphatic carbocycles. The molecule has 3 unspecified atom stereocenters. The van der Waals surface area contributed by atoms with Gasteiger partial charge in [-0.3, -0.25) is 9.69 Å². The molecule has 0 aromatic carbocycles. The summed E-state index contributed by atoms with van der Waals surface area (Å²) in [7, 11) is 1.58. The van der Waals surface area contributed by atoms with Crippen LogP contribution < -0.4 is 5.32 Å². The monoisotopic (exact) mass is 544 g/mol. The van der Waals surface area contributed by atoms with Gasteiger partial charge in [0.2, 0.25) is 5.91 Å². The molecule has 1 fully saturated rings. The highest BCUT2D eigenvalue weighted by Crippen LogP contribution is 2.43. The van der Waals surface area contributed by atoms with Crippen LogP contribution in [0.5, 0.6) is 0 Å². The van der Waals surface area contributed by atoms with Crippen molar-refractivity contribution in [1.29, 1.82) is 0 Å². The van der Waals surface area contributed by atoms with E-state index in [-0.39, 0.29) is 31.1 Å². The van der Waals surface area contributed by atoms with Crippen LogP contribution in [0.1, 0.15) is 88.5 Å². The third-order valence-electron chi connectivity index (χ3n) is 6.45. The van der Waals surface area contributed by atoms with Crippen molar-refractivity contribution in [3.8, 4) is 0 Å². The Bertz CT molecular complexity index is 776. The van der Waals surface area contributed by atoms with Gasteiger partial charge in [0.1, 0.15) is 17.2 Å². The van der Waals surface area contributed by atoms with Crippen molar-refractivity contribution in [1.82, 2.24) is 10.2 Å². The summed E-state index contributed by atoms with van der Waals surface area (Å²) in [5.74, 6) is -0.935. The lowest BCUT2D eigenvalue weighted by atomic mass is 9.79.